The predicted octanol–water partition coefficient (Wildman–Crippen LogP) is 5.47. The Labute approximate surface area is 186 Å². The van der Waals surface area contributed by atoms with Gasteiger partial charge in [0.15, 0.2) is 11.6 Å². The molecule has 1 aliphatic heterocycles. The summed E-state index contributed by atoms with van der Waals surface area (Å²) in [5.74, 6) is 1.77. The fourth-order valence-corrected chi connectivity index (χ4v) is 4.59. The van der Waals surface area contributed by atoms with Crippen LogP contribution in [0.15, 0.2) is 65.2 Å². The highest BCUT2D eigenvalue weighted by Crippen LogP contribution is 2.33. The molecule has 0 spiro atoms. The molecule has 0 radical (unpaired) electrons. The van der Waals surface area contributed by atoms with Crippen LogP contribution in [0.5, 0.6) is 0 Å². The van der Waals surface area contributed by atoms with Crippen molar-refractivity contribution in [2.75, 3.05) is 6.54 Å². The average molecular weight is 432 g/mol. The highest BCUT2D eigenvalue weighted by atomic mass is 32.1. The lowest BCUT2D eigenvalue weighted by molar-refractivity contribution is 0.163. The Morgan fingerprint density at radius 2 is 1.90 bits per heavy atom. The number of nitrogens with zero attached hydrogens (tertiary/aromatic N) is 5. The molecule has 0 saturated carbocycles. The minimum Gasteiger partial charge on any atom is -0.359 e. The van der Waals surface area contributed by atoms with Crippen LogP contribution in [0.3, 0.4) is 0 Å². The van der Waals surface area contributed by atoms with Crippen LogP contribution in [-0.4, -0.2) is 30.9 Å². The van der Waals surface area contributed by atoms with E-state index in [0.717, 1.165) is 47.9 Å². The van der Waals surface area contributed by atoms with E-state index in [-0.39, 0.29) is 6.04 Å². The molecule has 2 aromatic carbocycles. The first-order chi connectivity index (χ1) is 15.1. The van der Waals surface area contributed by atoms with Crippen molar-refractivity contribution in [3.63, 3.8) is 0 Å². The van der Waals surface area contributed by atoms with Gasteiger partial charge in [-0.2, -0.15) is 0 Å². The quantitative estimate of drug-likeness (QED) is 0.392. The zero-order valence-electron chi connectivity index (χ0n) is 17.7. The van der Waals surface area contributed by atoms with E-state index in [1.807, 2.05) is 35.9 Å². The molecule has 5 rings (SSSR count). The van der Waals surface area contributed by atoms with Gasteiger partial charge < -0.3 is 4.52 Å². The van der Waals surface area contributed by atoms with Gasteiger partial charge in [-0.25, -0.2) is 4.68 Å². The number of hydrogen-bond acceptors (Lipinski definition) is 5. The third-order valence-corrected chi connectivity index (χ3v) is 6.18. The second-order valence-electron chi connectivity index (χ2n) is 8.13. The zero-order valence-corrected chi connectivity index (χ0v) is 18.5. The summed E-state index contributed by atoms with van der Waals surface area (Å²) in [7, 11) is 0. The van der Waals surface area contributed by atoms with Crippen LogP contribution >= 0.6 is 12.2 Å². The van der Waals surface area contributed by atoms with E-state index >= 15 is 0 Å². The van der Waals surface area contributed by atoms with Crippen molar-refractivity contribution >= 4 is 12.2 Å². The van der Waals surface area contributed by atoms with Crippen LogP contribution in [0.2, 0.25) is 0 Å². The van der Waals surface area contributed by atoms with Crippen LogP contribution in [0.4, 0.5) is 0 Å². The summed E-state index contributed by atoms with van der Waals surface area (Å²) in [5, 5.41) is 9.05. The normalized spacial score (nSPS) is 16.8. The van der Waals surface area contributed by atoms with Crippen molar-refractivity contribution in [3.8, 4) is 17.1 Å². The van der Waals surface area contributed by atoms with Crippen molar-refractivity contribution < 1.29 is 4.52 Å². The molecular weight excluding hydrogens is 406 g/mol. The number of benzene rings is 2. The Morgan fingerprint density at radius 3 is 2.65 bits per heavy atom. The largest absolute Gasteiger partial charge is 0.359 e. The Bertz CT molecular complexity index is 1260. The minimum absolute atomic E-state index is 0.201. The second-order valence-corrected chi connectivity index (χ2v) is 8.49. The first-order valence-corrected chi connectivity index (χ1v) is 11.0. The average Bonchev–Trinajstić information content (AvgIpc) is 3.48. The Kier molecular flexibility index (Phi) is 5.29. The van der Waals surface area contributed by atoms with E-state index in [0.29, 0.717) is 11.4 Å². The van der Waals surface area contributed by atoms with Gasteiger partial charge in [0.1, 0.15) is 0 Å². The Morgan fingerprint density at radius 1 is 1.06 bits per heavy atom. The van der Waals surface area contributed by atoms with Crippen molar-refractivity contribution in [2.24, 2.45) is 0 Å². The van der Waals surface area contributed by atoms with E-state index in [4.69, 9.17) is 21.8 Å². The first-order valence-electron chi connectivity index (χ1n) is 10.6. The number of aromatic nitrogens is 4. The molecule has 1 atom stereocenters. The Hall–Kier alpha value is -3.03. The molecule has 158 valence electrons. The molecule has 4 aromatic rings. The summed E-state index contributed by atoms with van der Waals surface area (Å²) < 4.78 is 10.3. The van der Waals surface area contributed by atoms with Crippen LogP contribution in [0.1, 0.15) is 35.9 Å². The third-order valence-electron chi connectivity index (χ3n) is 5.79. The van der Waals surface area contributed by atoms with Crippen molar-refractivity contribution in [2.45, 2.75) is 39.4 Å². The minimum atomic E-state index is 0.201. The zero-order chi connectivity index (χ0) is 21.4. The lowest BCUT2D eigenvalue weighted by Gasteiger charge is -2.21. The molecule has 6 nitrogen and oxygen atoms in total. The van der Waals surface area contributed by atoms with Crippen LogP contribution < -0.4 is 0 Å². The summed E-state index contributed by atoms with van der Waals surface area (Å²) in [4.78, 5) is 2.37. The number of rotatable bonds is 5. The Balaban J connectivity index is 1.56. The molecule has 1 fully saturated rings. The smallest absolute Gasteiger partial charge is 0.204 e. The lowest BCUT2D eigenvalue weighted by Crippen LogP contribution is -2.26. The van der Waals surface area contributed by atoms with Gasteiger partial charge in [-0.05, 0) is 56.6 Å². The first kappa shape index (κ1) is 19.9. The maximum atomic E-state index is 5.93. The van der Waals surface area contributed by atoms with Gasteiger partial charge in [-0.1, -0.05) is 47.6 Å². The highest BCUT2D eigenvalue weighted by Gasteiger charge is 2.30. The molecule has 2 aromatic heterocycles. The molecule has 3 heterocycles. The van der Waals surface area contributed by atoms with Crippen molar-refractivity contribution in [3.05, 3.63) is 82.5 Å². The van der Waals surface area contributed by atoms with Gasteiger partial charge in [-0.15, -0.1) is 5.10 Å². The highest BCUT2D eigenvalue weighted by molar-refractivity contribution is 7.71. The molecule has 0 bridgehead atoms. The van der Waals surface area contributed by atoms with Gasteiger partial charge in [0.05, 0.1) is 24.1 Å². The van der Waals surface area contributed by atoms with Gasteiger partial charge in [0, 0.05) is 18.2 Å². The van der Waals surface area contributed by atoms with E-state index in [9.17, 15) is 0 Å². The number of likely N-dealkylation sites (tertiary alicyclic amines) is 1. The van der Waals surface area contributed by atoms with E-state index in [2.05, 4.69) is 57.9 Å². The summed E-state index contributed by atoms with van der Waals surface area (Å²) in [5.41, 5.74) is 4.16. The topological polar surface area (TPSA) is 52.0 Å². The molecular formula is C24H25N5OS. The molecule has 1 aliphatic rings. The fourth-order valence-electron chi connectivity index (χ4n) is 4.30. The molecule has 0 aliphatic carbocycles. The standard InChI is InChI=1S/C24H25N5OS/c1-17-8-6-11-20(14-17)29-23(19-9-4-3-5-10-19)25-28(24(29)31)16-27-13-7-12-21(27)22-15-18(2)26-30-22/h3-6,8-11,14-15,21H,7,12-13,16H2,1-2H3/t21-/m0/s1. The van der Waals surface area contributed by atoms with E-state index in [1.165, 1.54) is 5.56 Å². The van der Waals surface area contributed by atoms with E-state index < -0.39 is 0 Å². The summed E-state index contributed by atoms with van der Waals surface area (Å²) in [6, 6.07) is 20.8. The monoisotopic (exact) mass is 431 g/mol. The maximum absolute atomic E-state index is 5.93. The van der Waals surface area contributed by atoms with Crippen molar-refractivity contribution in [1.29, 1.82) is 0 Å². The number of aryl methyl sites for hydroxylation is 2. The van der Waals surface area contributed by atoms with Gasteiger partial charge in [0.25, 0.3) is 0 Å². The maximum Gasteiger partial charge on any atom is 0.204 e. The summed E-state index contributed by atoms with van der Waals surface area (Å²) >= 11 is 5.93. The summed E-state index contributed by atoms with van der Waals surface area (Å²) in [6.07, 6.45) is 2.16. The SMILES string of the molecule is Cc1cccc(-n2c(-c3ccccc3)nn(CN3CCC[C@H]3c3cc(C)no3)c2=S)c1. The van der Waals surface area contributed by atoms with Crippen LogP contribution in [0, 0.1) is 18.6 Å². The van der Waals surface area contributed by atoms with Gasteiger partial charge in [0.2, 0.25) is 4.77 Å². The molecule has 0 unspecified atom stereocenters. The van der Waals surface area contributed by atoms with Crippen LogP contribution in [0.25, 0.3) is 17.1 Å². The van der Waals surface area contributed by atoms with Crippen LogP contribution in [-0.2, 0) is 6.67 Å². The predicted molar refractivity (Wildman–Crippen MR) is 122 cm³/mol. The molecule has 1 saturated heterocycles. The fraction of sp³-hybridized carbons (Fsp3) is 0.292. The second kappa shape index (κ2) is 8.24. The molecule has 0 amide bonds. The van der Waals surface area contributed by atoms with Gasteiger partial charge >= 0.3 is 0 Å². The lowest BCUT2D eigenvalue weighted by atomic mass is 10.1. The molecule has 7 heteroatoms. The molecule has 31 heavy (non-hydrogen) atoms. The van der Waals surface area contributed by atoms with Gasteiger partial charge in [-0.3, -0.25) is 9.47 Å². The summed E-state index contributed by atoms with van der Waals surface area (Å²) in [6.45, 7) is 5.64. The number of hydrogen-bond donors (Lipinski definition) is 0. The third kappa shape index (κ3) is 3.86. The molecule has 0 N–H and O–H groups in total. The van der Waals surface area contributed by atoms with E-state index in [1.54, 1.807) is 0 Å². The van der Waals surface area contributed by atoms with Crippen molar-refractivity contribution in [1.82, 2.24) is 24.4 Å².